The monoisotopic (exact) mass is 278 g/mol. The molecule has 96 valence electrons. The number of benzene rings is 1. The van der Waals surface area contributed by atoms with Crippen LogP contribution in [0.25, 0.3) is 0 Å². The molecule has 0 aliphatic heterocycles. The number of hydrogen-bond donors (Lipinski definition) is 1. The second-order valence-electron chi connectivity index (χ2n) is 3.45. The van der Waals surface area contributed by atoms with Crippen LogP contribution in [0.5, 0.6) is 5.75 Å². The minimum atomic E-state index is -0.318. The van der Waals surface area contributed by atoms with E-state index in [0.717, 1.165) is 5.56 Å². The van der Waals surface area contributed by atoms with Crippen molar-refractivity contribution in [3.63, 3.8) is 0 Å². The normalized spacial score (nSPS) is 11.1. The first-order chi connectivity index (χ1) is 8.08. The molecule has 1 N–H and O–H groups in total. The fourth-order valence-corrected chi connectivity index (χ4v) is 2.00. The molecule has 0 aromatic heterocycles. The molecule has 17 heavy (non-hydrogen) atoms. The Morgan fingerprint density at radius 1 is 1.12 bits per heavy atom. The van der Waals surface area contributed by atoms with Crippen molar-refractivity contribution in [1.82, 2.24) is 0 Å². The molecule has 0 amide bonds. The first kappa shape index (κ1) is 14.6. The summed E-state index contributed by atoms with van der Waals surface area (Å²) >= 11 is 11.7. The summed E-state index contributed by atoms with van der Waals surface area (Å²) in [7, 11) is 0. The van der Waals surface area contributed by atoms with E-state index in [0.29, 0.717) is 19.6 Å². The van der Waals surface area contributed by atoms with E-state index in [1.807, 2.05) is 13.8 Å². The van der Waals surface area contributed by atoms with Gasteiger partial charge in [0.1, 0.15) is 0 Å². The van der Waals surface area contributed by atoms with E-state index in [1.165, 1.54) is 0 Å². The second kappa shape index (κ2) is 7.07. The number of phenols is 1. The highest BCUT2D eigenvalue weighted by atomic mass is 35.5. The van der Waals surface area contributed by atoms with Gasteiger partial charge in [-0.05, 0) is 31.5 Å². The molecule has 0 aliphatic rings. The molecule has 0 fully saturated rings. The van der Waals surface area contributed by atoms with Crippen molar-refractivity contribution in [2.45, 2.75) is 26.6 Å². The van der Waals surface area contributed by atoms with Crippen LogP contribution in [0.1, 0.15) is 19.4 Å². The largest absolute Gasteiger partial charge is 0.505 e. The molecule has 3 nitrogen and oxygen atoms in total. The highest BCUT2D eigenvalue weighted by Crippen LogP contribution is 2.33. The summed E-state index contributed by atoms with van der Waals surface area (Å²) < 4.78 is 10.9. The van der Waals surface area contributed by atoms with Crippen LogP contribution in [-0.4, -0.2) is 24.6 Å². The fraction of sp³-hybridized carbons (Fsp3) is 0.500. The average molecular weight is 279 g/mol. The molecule has 1 aromatic carbocycles. The highest BCUT2D eigenvalue weighted by molar-refractivity contribution is 6.37. The van der Waals surface area contributed by atoms with Crippen LogP contribution >= 0.6 is 23.2 Å². The summed E-state index contributed by atoms with van der Waals surface area (Å²) in [5.74, 6) is -0.0959. The maximum atomic E-state index is 9.45. The Morgan fingerprint density at radius 3 is 2.00 bits per heavy atom. The lowest BCUT2D eigenvalue weighted by Gasteiger charge is -2.17. The zero-order valence-electron chi connectivity index (χ0n) is 9.87. The van der Waals surface area contributed by atoms with E-state index in [1.54, 1.807) is 12.1 Å². The Hall–Kier alpha value is -0.480. The van der Waals surface area contributed by atoms with Gasteiger partial charge in [0.05, 0.1) is 10.0 Å². The quantitative estimate of drug-likeness (QED) is 0.808. The van der Waals surface area contributed by atoms with Crippen LogP contribution < -0.4 is 0 Å². The van der Waals surface area contributed by atoms with Gasteiger partial charge in [0.15, 0.2) is 12.0 Å². The van der Waals surface area contributed by atoms with Crippen molar-refractivity contribution in [3.05, 3.63) is 27.7 Å². The SMILES string of the molecule is CCOC(Cc1cc(Cl)c(O)c(Cl)c1)OCC. The van der Waals surface area contributed by atoms with Gasteiger partial charge in [-0.3, -0.25) is 0 Å². The Labute approximate surface area is 111 Å². The van der Waals surface area contributed by atoms with Gasteiger partial charge in [-0.1, -0.05) is 23.2 Å². The Kier molecular flexibility index (Phi) is 6.06. The number of rotatable bonds is 6. The topological polar surface area (TPSA) is 38.7 Å². The van der Waals surface area contributed by atoms with Crippen LogP contribution in [0.3, 0.4) is 0 Å². The maximum Gasteiger partial charge on any atom is 0.161 e. The summed E-state index contributed by atoms with van der Waals surface area (Å²) in [6.07, 6.45) is 0.225. The van der Waals surface area contributed by atoms with Crippen molar-refractivity contribution in [2.24, 2.45) is 0 Å². The molecule has 0 spiro atoms. The number of hydrogen-bond acceptors (Lipinski definition) is 3. The van der Waals surface area contributed by atoms with Crippen molar-refractivity contribution < 1.29 is 14.6 Å². The lowest BCUT2D eigenvalue weighted by molar-refractivity contribution is -0.134. The van der Waals surface area contributed by atoms with Crippen LogP contribution in [0.2, 0.25) is 10.0 Å². The molecule has 0 saturated heterocycles. The third-order valence-electron chi connectivity index (χ3n) is 2.18. The van der Waals surface area contributed by atoms with Gasteiger partial charge >= 0.3 is 0 Å². The van der Waals surface area contributed by atoms with Crippen molar-refractivity contribution in [1.29, 1.82) is 0 Å². The number of halogens is 2. The van der Waals surface area contributed by atoms with Gasteiger partial charge in [-0.25, -0.2) is 0 Å². The van der Waals surface area contributed by atoms with E-state index in [2.05, 4.69) is 0 Å². The predicted molar refractivity (Wildman–Crippen MR) is 68.9 cm³/mol. The number of phenolic OH excluding ortho intramolecular Hbond substituents is 1. The van der Waals surface area contributed by atoms with Crippen LogP contribution in [0.4, 0.5) is 0 Å². The molecule has 5 heteroatoms. The zero-order valence-corrected chi connectivity index (χ0v) is 11.4. The summed E-state index contributed by atoms with van der Waals surface area (Å²) in [6, 6.07) is 3.32. The van der Waals surface area contributed by atoms with Crippen molar-refractivity contribution >= 4 is 23.2 Å². The molecule has 0 saturated carbocycles. The smallest absolute Gasteiger partial charge is 0.161 e. The van der Waals surface area contributed by atoms with Crippen LogP contribution in [0.15, 0.2) is 12.1 Å². The third kappa shape index (κ3) is 4.36. The van der Waals surface area contributed by atoms with E-state index in [9.17, 15) is 5.11 Å². The van der Waals surface area contributed by atoms with Crippen molar-refractivity contribution in [3.8, 4) is 5.75 Å². The minimum absolute atomic E-state index is 0.0959. The maximum absolute atomic E-state index is 9.45. The molecule has 0 aliphatic carbocycles. The van der Waals surface area contributed by atoms with Gasteiger partial charge in [-0.15, -0.1) is 0 Å². The van der Waals surface area contributed by atoms with Crippen LogP contribution in [0, 0.1) is 0 Å². The van der Waals surface area contributed by atoms with Gasteiger partial charge < -0.3 is 14.6 Å². The van der Waals surface area contributed by atoms with E-state index < -0.39 is 0 Å². The predicted octanol–water partition coefficient (Wildman–Crippen LogP) is 3.64. The standard InChI is InChI=1S/C12H16Cl2O3/c1-3-16-11(17-4-2)7-8-5-9(13)12(15)10(14)6-8/h5-6,11,15H,3-4,7H2,1-2H3. The second-order valence-corrected chi connectivity index (χ2v) is 4.27. The van der Waals surface area contributed by atoms with Gasteiger partial charge in [0.2, 0.25) is 0 Å². The Bertz CT molecular complexity index is 340. The molecular formula is C12H16Cl2O3. The Balaban J connectivity index is 2.78. The summed E-state index contributed by atoms with van der Waals surface area (Å²) in [5, 5.41) is 9.92. The molecule has 0 radical (unpaired) electrons. The molecule has 0 bridgehead atoms. The molecule has 0 unspecified atom stereocenters. The minimum Gasteiger partial charge on any atom is -0.505 e. The zero-order chi connectivity index (χ0) is 12.8. The Morgan fingerprint density at radius 2 is 1.59 bits per heavy atom. The summed E-state index contributed by atoms with van der Waals surface area (Å²) in [6.45, 7) is 4.96. The van der Waals surface area contributed by atoms with Crippen molar-refractivity contribution in [2.75, 3.05) is 13.2 Å². The number of aromatic hydroxyl groups is 1. The highest BCUT2D eigenvalue weighted by Gasteiger charge is 2.12. The van der Waals surface area contributed by atoms with Gasteiger partial charge in [0.25, 0.3) is 0 Å². The molecule has 0 heterocycles. The summed E-state index contributed by atoms with van der Waals surface area (Å²) in [4.78, 5) is 0. The lowest BCUT2D eigenvalue weighted by Crippen LogP contribution is -2.20. The third-order valence-corrected chi connectivity index (χ3v) is 2.76. The molecular weight excluding hydrogens is 263 g/mol. The van der Waals surface area contributed by atoms with Gasteiger partial charge in [-0.2, -0.15) is 0 Å². The van der Waals surface area contributed by atoms with Crippen LogP contribution in [-0.2, 0) is 15.9 Å². The average Bonchev–Trinajstić information content (AvgIpc) is 2.26. The first-order valence-electron chi connectivity index (χ1n) is 5.48. The number of ether oxygens (including phenoxy) is 2. The first-order valence-corrected chi connectivity index (χ1v) is 6.24. The lowest BCUT2D eigenvalue weighted by atomic mass is 10.1. The molecule has 1 rings (SSSR count). The molecule has 0 atom stereocenters. The van der Waals surface area contributed by atoms with E-state index >= 15 is 0 Å². The summed E-state index contributed by atoms with van der Waals surface area (Å²) in [5.41, 5.74) is 0.865. The van der Waals surface area contributed by atoms with E-state index in [4.69, 9.17) is 32.7 Å². The van der Waals surface area contributed by atoms with Gasteiger partial charge in [0, 0.05) is 19.6 Å². The molecule has 1 aromatic rings. The fourth-order valence-electron chi connectivity index (χ4n) is 1.47. The van der Waals surface area contributed by atoms with E-state index in [-0.39, 0.29) is 22.1 Å².